The second kappa shape index (κ2) is 7.73. The van der Waals surface area contributed by atoms with E-state index in [0.29, 0.717) is 24.8 Å². The van der Waals surface area contributed by atoms with Crippen molar-refractivity contribution >= 4 is 11.9 Å². The van der Waals surface area contributed by atoms with Gasteiger partial charge in [-0.2, -0.15) is 0 Å². The second-order valence-corrected chi connectivity index (χ2v) is 7.51. The van der Waals surface area contributed by atoms with Crippen LogP contribution in [0.4, 0.5) is 0 Å². The lowest BCUT2D eigenvalue weighted by molar-refractivity contribution is -0.168. The highest BCUT2D eigenvalue weighted by molar-refractivity contribution is 5.86. The third-order valence-corrected chi connectivity index (χ3v) is 5.47. The van der Waals surface area contributed by atoms with Crippen LogP contribution in [0.15, 0.2) is 24.8 Å². The number of esters is 2. The monoisotopic (exact) mass is 350 g/mol. The largest absolute Gasteiger partial charge is 0.462 e. The number of carbonyl (C=O) groups is 2. The summed E-state index contributed by atoms with van der Waals surface area (Å²) in [7, 11) is 0. The van der Waals surface area contributed by atoms with Crippen molar-refractivity contribution in [2.75, 3.05) is 6.61 Å². The van der Waals surface area contributed by atoms with Crippen LogP contribution in [0.25, 0.3) is 0 Å². The van der Waals surface area contributed by atoms with Gasteiger partial charge < -0.3 is 14.2 Å². The van der Waals surface area contributed by atoms with Gasteiger partial charge >= 0.3 is 11.9 Å². The first-order chi connectivity index (χ1) is 11.7. The highest BCUT2D eigenvalue weighted by atomic mass is 16.6. The van der Waals surface area contributed by atoms with E-state index in [0.717, 1.165) is 19.3 Å². The van der Waals surface area contributed by atoms with Gasteiger partial charge in [-0.05, 0) is 39.5 Å². The van der Waals surface area contributed by atoms with Gasteiger partial charge in [0.1, 0.15) is 5.60 Å². The summed E-state index contributed by atoms with van der Waals surface area (Å²) >= 11 is 0. The molecule has 0 bridgehead atoms. The molecule has 0 aromatic carbocycles. The van der Waals surface area contributed by atoms with Gasteiger partial charge in [0.25, 0.3) is 0 Å². The molecule has 0 aromatic rings. The van der Waals surface area contributed by atoms with Crippen molar-refractivity contribution in [2.24, 2.45) is 5.92 Å². The van der Waals surface area contributed by atoms with Crippen molar-refractivity contribution in [2.45, 2.75) is 76.6 Å². The van der Waals surface area contributed by atoms with E-state index in [1.165, 1.54) is 0 Å². The number of hydrogen-bond acceptors (Lipinski definition) is 5. The molecule has 2 aliphatic rings. The molecule has 140 valence electrons. The molecule has 4 atom stereocenters. The molecule has 0 amide bonds. The van der Waals surface area contributed by atoms with E-state index in [9.17, 15) is 9.59 Å². The van der Waals surface area contributed by atoms with Gasteiger partial charge in [0, 0.05) is 18.4 Å². The van der Waals surface area contributed by atoms with Crippen LogP contribution in [-0.4, -0.2) is 35.9 Å². The van der Waals surface area contributed by atoms with E-state index in [-0.39, 0.29) is 30.2 Å². The van der Waals surface area contributed by atoms with E-state index in [2.05, 4.69) is 20.1 Å². The number of hydrogen-bond donors (Lipinski definition) is 0. The highest BCUT2D eigenvalue weighted by Gasteiger charge is 2.56. The van der Waals surface area contributed by atoms with Crippen LogP contribution in [0.3, 0.4) is 0 Å². The molecule has 25 heavy (non-hydrogen) atoms. The molecule has 0 radical (unpaired) electrons. The smallest absolute Gasteiger partial charge is 0.333 e. The van der Waals surface area contributed by atoms with Crippen molar-refractivity contribution in [1.82, 2.24) is 0 Å². The van der Waals surface area contributed by atoms with Crippen LogP contribution >= 0.6 is 0 Å². The summed E-state index contributed by atoms with van der Waals surface area (Å²) in [6.45, 7) is 13.2. The lowest BCUT2D eigenvalue weighted by atomic mass is 9.82. The zero-order valence-corrected chi connectivity index (χ0v) is 15.6. The number of epoxide rings is 1. The van der Waals surface area contributed by atoms with Crippen molar-refractivity contribution in [3.63, 3.8) is 0 Å². The van der Waals surface area contributed by atoms with Gasteiger partial charge in [-0.1, -0.05) is 19.6 Å². The topological polar surface area (TPSA) is 65.1 Å². The highest BCUT2D eigenvalue weighted by Crippen LogP contribution is 2.49. The molecule has 2 fully saturated rings. The predicted molar refractivity (Wildman–Crippen MR) is 94.9 cm³/mol. The summed E-state index contributed by atoms with van der Waals surface area (Å²) in [5.41, 5.74) is -0.340. The van der Waals surface area contributed by atoms with Gasteiger partial charge in [0.05, 0.1) is 24.2 Å². The van der Waals surface area contributed by atoms with Gasteiger partial charge in [0.15, 0.2) is 0 Å². The fourth-order valence-electron chi connectivity index (χ4n) is 3.46. The number of ether oxygens (including phenoxy) is 3. The maximum Gasteiger partial charge on any atom is 0.333 e. The summed E-state index contributed by atoms with van der Waals surface area (Å²) < 4.78 is 16.8. The Labute approximate surface area is 150 Å². The molecule has 4 unspecified atom stereocenters. The lowest BCUT2D eigenvalue weighted by Crippen LogP contribution is -2.39. The minimum atomic E-state index is -0.681. The van der Waals surface area contributed by atoms with Gasteiger partial charge in [-0.3, -0.25) is 4.79 Å². The van der Waals surface area contributed by atoms with E-state index >= 15 is 0 Å². The van der Waals surface area contributed by atoms with Crippen LogP contribution in [0.1, 0.15) is 59.3 Å². The average molecular weight is 350 g/mol. The summed E-state index contributed by atoms with van der Waals surface area (Å²) in [6, 6.07) is 0. The van der Waals surface area contributed by atoms with Crippen LogP contribution in [-0.2, 0) is 23.8 Å². The Morgan fingerprint density at radius 3 is 2.72 bits per heavy atom. The van der Waals surface area contributed by atoms with E-state index < -0.39 is 11.6 Å². The van der Waals surface area contributed by atoms with Crippen molar-refractivity contribution in [3.05, 3.63) is 24.8 Å². The van der Waals surface area contributed by atoms with Crippen LogP contribution < -0.4 is 0 Å². The van der Waals surface area contributed by atoms with Crippen molar-refractivity contribution in [3.8, 4) is 0 Å². The van der Waals surface area contributed by atoms with E-state index in [4.69, 9.17) is 14.2 Å². The molecule has 1 saturated carbocycles. The first-order valence-electron chi connectivity index (χ1n) is 9.09. The number of rotatable bonds is 9. The van der Waals surface area contributed by atoms with Crippen LogP contribution in [0, 0.1) is 5.92 Å². The average Bonchev–Trinajstić information content (AvgIpc) is 3.24. The predicted octanol–water partition coefficient (Wildman–Crippen LogP) is 3.72. The van der Waals surface area contributed by atoms with Gasteiger partial charge in [-0.15, -0.1) is 6.58 Å². The molecule has 0 N–H and O–H groups in total. The number of fused-ring (bicyclic) bond motifs is 1. The molecule has 0 spiro atoms. The molecule has 5 heteroatoms. The van der Waals surface area contributed by atoms with Gasteiger partial charge in [0.2, 0.25) is 0 Å². The van der Waals surface area contributed by atoms with Crippen molar-refractivity contribution in [1.29, 1.82) is 0 Å². The Kier molecular flexibility index (Phi) is 6.09. The first-order valence-corrected chi connectivity index (χ1v) is 9.09. The van der Waals surface area contributed by atoms with Crippen molar-refractivity contribution < 1.29 is 23.8 Å². The number of carbonyl (C=O) groups excluding carboxylic acids is 2. The lowest BCUT2D eigenvalue weighted by Gasteiger charge is -2.34. The maximum atomic E-state index is 12.7. The molecular formula is C20H30O5. The zero-order chi connectivity index (χ0) is 18.7. The van der Waals surface area contributed by atoms with E-state index in [1.54, 1.807) is 13.0 Å². The Hall–Kier alpha value is -1.62. The summed E-state index contributed by atoms with van der Waals surface area (Å²) in [6.07, 6.45) is 5.98. The molecular weight excluding hydrogens is 320 g/mol. The molecule has 1 saturated heterocycles. The standard InChI is InChI=1S/C20H30O5/c1-6-9-20(7-2,11-12-23-17(21)14(3)4)25-18(22)15-8-10-19(5)16(13-15)24-19/h6,15-16H,1,3,7-13H2,2,4-5H3. The fourth-order valence-corrected chi connectivity index (χ4v) is 3.46. The molecule has 0 aromatic heterocycles. The maximum absolute atomic E-state index is 12.7. The van der Waals surface area contributed by atoms with Crippen LogP contribution in [0.2, 0.25) is 0 Å². The summed E-state index contributed by atoms with van der Waals surface area (Å²) in [4.78, 5) is 24.2. The molecule has 1 aliphatic heterocycles. The molecule has 2 rings (SSSR count). The minimum absolute atomic E-state index is 0.0174. The molecule has 1 heterocycles. The second-order valence-electron chi connectivity index (χ2n) is 7.51. The Morgan fingerprint density at radius 1 is 1.44 bits per heavy atom. The third kappa shape index (κ3) is 4.72. The quantitative estimate of drug-likeness (QED) is 0.274. The first kappa shape index (κ1) is 19.7. The third-order valence-electron chi connectivity index (χ3n) is 5.47. The summed E-state index contributed by atoms with van der Waals surface area (Å²) in [5, 5.41) is 0. The SMILES string of the molecule is C=CCC(CC)(CCOC(=O)C(=C)C)OC(=O)C1CCC2(C)OC2C1. The van der Waals surface area contributed by atoms with Gasteiger partial charge in [-0.25, -0.2) is 4.79 Å². The Balaban J connectivity index is 1.93. The molecule has 5 nitrogen and oxygen atoms in total. The van der Waals surface area contributed by atoms with E-state index in [1.807, 2.05) is 6.92 Å². The zero-order valence-electron chi connectivity index (χ0n) is 15.6. The normalized spacial score (nSPS) is 29.7. The Bertz CT molecular complexity index is 554. The Morgan fingerprint density at radius 2 is 2.16 bits per heavy atom. The summed E-state index contributed by atoms with van der Waals surface area (Å²) in [5.74, 6) is -0.714. The van der Waals surface area contributed by atoms with Crippen LogP contribution in [0.5, 0.6) is 0 Å². The molecule has 1 aliphatic carbocycles. The fraction of sp³-hybridized carbons (Fsp3) is 0.700. The minimum Gasteiger partial charge on any atom is -0.462 e.